The summed E-state index contributed by atoms with van der Waals surface area (Å²) in [5.41, 5.74) is 0.504. The average molecular weight is 182 g/mol. The van der Waals surface area contributed by atoms with E-state index >= 15 is 0 Å². The van der Waals surface area contributed by atoms with Crippen LogP contribution in [0.25, 0.3) is 0 Å². The van der Waals surface area contributed by atoms with Gasteiger partial charge in [-0.15, -0.1) is 0 Å². The molecule has 68 valence electrons. The molecule has 3 nitrogen and oxygen atoms in total. The number of hydrogen-bond acceptors (Lipinski definition) is 3. The van der Waals surface area contributed by atoms with Crippen molar-refractivity contribution >= 4 is 18.9 Å². The van der Waals surface area contributed by atoms with Crippen LogP contribution in [0.3, 0.4) is 0 Å². The molecule has 0 aliphatic heterocycles. The van der Waals surface area contributed by atoms with Gasteiger partial charge in [0, 0.05) is 11.0 Å². The lowest BCUT2D eigenvalue weighted by Gasteiger charge is -2.04. The third-order valence-corrected chi connectivity index (χ3v) is 1.79. The van der Waals surface area contributed by atoms with Crippen molar-refractivity contribution in [3.8, 4) is 0 Å². The van der Waals surface area contributed by atoms with E-state index < -0.39 is 12.9 Å². The molecule has 0 radical (unpaired) electrons. The van der Waals surface area contributed by atoms with Gasteiger partial charge in [-0.3, -0.25) is 4.79 Å². The van der Waals surface area contributed by atoms with Crippen molar-refractivity contribution in [3.63, 3.8) is 0 Å². The van der Waals surface area contributed by atoms with Gasteiger partial charge in [0.05, 0.1) is 0 Å². The topological polar surface area (TPSA) is 57.5 Å². The van der Waals surface area contributed by atoms with Crippen LogP contribution in [-0.4, -0.2) is 23.5 Å². The predicted molar refractivity (Wildman–Crippen MR) is 46.4 cm³/mol. The average Bonchev–Trinajstić information content (AvgIpc) is 2.07. The number of aryl methyl sites for hydroxylation is 1. The van der Waals surface area contributed by atoms with Gasteiger partial charge in [-0.1, -0.05) is 6.07 Å². The Morgan fingerprint density at radius 2 is 2.08 bits per heavy atom. The molecule has 0 saturated carbocycles. The molecule has 0 heterocycles. The molecule has 0 saturated heterocycles. The maximum atomic E-state index is 13.0. The molecule has 13 heavy (non-hydrogen) atoms. The Labute approximate surface area is 75.0 Å². The Morgan fingerprint density at radius 3 is 2.54 bits per heavy atom. The summed E-state index contributed by atoms with van der Waals surface area (Å²) in [6, 6.07) is 2.22. The molecular formula is C8H8BFO3. The molecule has 1 aromatic carbocycles. The van der Waals surface area contributed by atoms with E-state index in [0.29, 0.717) is 11.8 Å². The summed E-state index contributed by atoms with van der Waals surface area (Å²) in [7, 11) is -1.85. The summed E-state index contributed by atoms with van der Waals surface area (Å²) in [4.78, 5) is 10.4. The van der Waals surface area contributed by atoms with Crippen molar-refractivity contribution in [1.29, 1.82) is 0 Å². The fraction of sp³-hybridized carbons (Fsp3) is 0.125. The zero-order valence-corrected chi connectivity index (χ0v) is 6.99. The highest BCUT2D eigenvalue weighted by Crippen LogP contribution is 2.06. The van der Waals surface area contributed by atoms with Crippen LogP contribution >= 0.6 is 0 Å². The van der Waals surface area contributed by atoms with Gasteiger partial charge in [0.2, 0.25) is 0 Å². The van der Waals surface area contributed by atoms with Crippen molar-refractivity contribution in [2.24, 2.45) is 0 Å². The molecule has 0 amide bonds. The minimum atomic E-state index is -1.85. The van der Waals surface area contributed by atoms with Crippen LogP contribution in [0, 0.1) is 12.7 Å². The Morgan fingerprint density at radius 1 is 1.46 bits per heavy atom. The highest BCUT2D eigenvalue weighted by molar-refractivity contribution is 6.58. The van der Waals surface area contributed by atoms with Crippen LogP contribution in [0.1, 0.15) is 15.9 Å². The number of carbonyl (C=O) groups is 1. The van der Waals surface area contributed by atoms with E-state index in [2.05, 4.69) is 0 Å². The Hall–Kier alpha value is -1.20. The first kappa shape index (κ1) is 9.89. The summed E-state index contributed by atoms with van der Waals surface area (Å²) in [6.07, 6.45) is 0.520. The second kappa shape index (κ2) is 3.68. The monoisotopic (exact) mass is 182 g/mol. The van der Waals surface area contributed by atoms with Gasteiger partial charge in [0.15, 0.2) is 0 Å². The Kier molecular flexibility index (Phi) is 2.80. The molecule has 0 atom stereocenters. The van der Waals surface area contributed by atoms with Gasteiger partial charge in [-0.25, -0.2) is 4.39 Å². The number of aldehydes is 1. The largest absolute Gasteiger partial charge is 0.491 e. The van der Waals surface area contributed by atoms with Gasteiger partial charge in [0.1, 0.15) is 12.1 Å². The van der Waals surface area contributed by atoms with Crippen LogP contribution in [0.5, 0.6) is 0 Å². The Balaban J connectivity index is 3.28. The van der Waals surface area contributed by atoms with Crippen LogP contribution < -0.4 is 5.46 Å². The molecule has 5 heteroatoms. The number of halogens is 1. The quantitative estimate of drug-likeness (QED) is 0.484. The summed E-state index contributed by atoms with van der Waals surface area (Å²) < 4.78 is 13.0. The lowest BCUT2D eigenvalue weighted by molar-refractivity contribution is 0.112. The first-order chi connectivity index (χ1) is 6.06. The number of rotatable bonds is 2. The van der Waals surface area contributed by atoms with E-state index in [1.165, 1.54) is 6.07 Å². The molecule has 0 bridgehead atoms. The summed E-state index contributed by atoms with van der Waals surface area (Å²) in [5.74, 6) is -0.789. The maximum absolute atomic E-state index is 13.0. The van der Waals surface area contributed by atoms with Gasteiger partial charge in [-0.05, 0) is 18.6 Å². The van der Waals surface area contributed by atoms with E-state index in [1.54, 1.807) is 6.92 Å². The fourth-order valence-electron chi connectivity index (χ4n) is 1.04. The number of benzene rings is 1. The standard InChI is InChI=1S/C8H8BFO3/c1-5-2-7(9(12)13)8(10)3-6(5)4-11/h2-4,12-13H,1H3. The Bertz CT molecular complexity index is 338. The minimum absolute atomic E-state index is 0.210. The molecule has 0 spiro atoms. The molecule has 0 aliphatic rings. The third kappa shape index (κ3) is 1.94. The van der Waals surface area contributed by atoms with Crippen molar-refractivity contribution in [2.75, 3.05) is 0 Å². The number of carbonyl (C=O) groups excluding carboxylic acids is 1. The molecule has 0 aromatic heterocycles. The third-order valence-electron chi connectivity index (χ3n) is 1.79. The maximum Gasteiger partial charge on any atom is 0.491 e. The van der Waals surface area contributed by atoms with Crippen LogP contribution in [0.15, 0.2) is 12.1 Å². The van der Waals surface area contributed by atoms with Crippen molar-refractivity contribution < 1.29 is 19.2 Å². The second-order valence-electron chi connectivity index (χ2n) is 2.72. The predicted octanol–water partition coefficient (Wildman–Crippen LogP) is -0.374. The smallest absolute Gasteiger partial charge is 0.423 e. The molecule has 0 unspecified atom stereocenters. The van der Waals surface area contributed by atoms with E-state index in [0.717, 1.165) is 6.07 Å². The fourth-order valence-corrected chi connectivity index (χ4v) is 1.04. The molecule has 2 N–H and O–H groups in total. The zero-order chi connectivity index (χ0) is 10.0. The first-order valence-corrected chi connectivity index (χ1v) is 3.67. The van der Waals surface area contributed by atoms with E-state index in [9.17, 15) is 9.18 Å². The van der Waals surface area contributed by atoms with E-state index in [4.69, 9.17) is 10.0 Å². The lowest BCUT2D eigenvalue weighted by Crippen LogP contribution is -2.33. The molecular weight excluding hydrogens is 174 g/mol. The number of hydrogen-bond donors (Lipinski definition) is 2. The molecule has 1 aromatic rings. The minimum Gasteiger partial charge on any atom is -0.423 e. The van der Waals surface area contributed by atoms with Gasteiger partial charge >= 0.3 is 7.12 Å². The van der Waals surface area contributed by atoms with Gasteiger partial charge in [0.25, 0.3) is 0 Å². The highest BCUT2D eigenvalue weighted by Gasteiger charge is 2.17. The van der Waals surface area contributed by atoms with Gasteiger partial charge < -0.3 is 10.0 Å². The summed E-state index contributed by atoms with van der Waals surface area (Å²) in [6.45, 7) is 1.59. The molecule has 1 rings (SSSR count). The van der Waals surface area contributed by atoms with Crippen molar-refractivity contribution in [3.05, 3.63) is 29.1 Å². The zero-order valence-electron chi connectivity index (χ0n) is 6.99. The van der Waals surface area contributed by atoms with Gasteiger partial charge in [-0.2, -0.15) is 0 Å². The molecule has 0 fully saturated rings. The van der Waals surface area contributed by atoms with Crippen molar-refractivity contribution in [1.82, 2.24) is 0 Å². The summed E-state index contributed by atoms with van der Waals surface area (Å²) in [5, 5.41) is 17.4. The SMILES string of the molecule is Cc1cc(B(O)O)c(F)cc1C=O. The highest BCUT2D eigenvalue weighted by atomic mass is 19.1. The van der Waals surface area contributed by atoms with Crippen molar-refractivity contribution in [2.45, 2.75) is 6.92 Å². The summed E-state index contributed by atoms with van der Waals surface area (Å²) >= 11 is 0. The normalized spacial score (nSPS) is 9.85. The second-order valence-corrected chi connectivity index (χ2v) is 2.72. The van der Waals surface area contributed by atoms with Crippen LogP contribution in [-0.2, 0) is 0 Å². The first-order valence-electron chi connectivity index (χ1n) is 3.67. The lowest BCUT2D eigenvalue weighted by atomic mass is 9.78. The van der Waals surface area contributed by atoms with E-state index in [1.807, 2.05) is 0 Å². The van der Waals surface area contributed by atoms with Crippen LogP contribution in [0.4, 0.5) is 4.39 Å². The molecule has 0 aliphatic carbocycles. The van der Waals surface area contributed by atoms with E-state index in [-0.39, 0.29) is 11.0 Å². The van der Waals surface area contributed by atoms with Crippen LogP contribution in [0.2, 0.25) is 0 Å².